The molecule has 1 amide bonds. The largest absolute Gasteiger partial charge is 0.330 e. The molecular formula is C17H25NO. The zero-order chi connectivity index (χ0) is 14.4. The molecule has 0 aromatic heterocycles. The molecular weight excluding hydrogens is 234 g/mol. The predicted octanol–water partition coefficient (Wildman–Crippen LogP) is 4.34. The van der Waals surface area contributed by atoms with Gasteiger partial charge in [0.1, 0.15) is 0 Å². The first-order valence-corrected chi connectivity index (χ1v) is 7.16. The Bertz CT molecular complexity index is 431. The van der Waals surface area contributed by atoms with Crippen LogP contribution in [0.1, 0.15) is 63.5 Å². The summed E-state index contributed by atoms with van der Waals surface area (Å²) in [5, 5.41) is 2.83. The number of rotatable bonds is 2. The minimum Gasteiger partial charge on any atom is -0.330 e. The fourth-order valence-corrected chi connectivity index (χ4v) is 2.26. The molecule has 1 aliphatic heterocycles. The lowest BCUT2D eigenvalue weighted by molar-refractivity contribution is -0.121. The van der Waals surface area contributed by atoms with Crippen molar-refractivity contribution in [1.82, 2.24) is 5.32 Å². The van der Waals surface area contributed by atoms with Crippen molar-refractivity contribution in [1.29, 1.82) is 0 Å². The van der Waals surface area contributed by atoms with Gasteiger partial charge < -0.3 is 5.32 Å². The third-order valence-corrected chi connectivity index (χ3v) is 3.39. The third kappa shape index (κ3) is 3.95. The first kappa shape index (κ1) is 15.5. The van der Waals surface area contributed by atoms with Crippen LogP contribution in [0.3, 0.4) is 0 Å². The Kier molecular flexibility index (Phi) is 5.81. The number of hydrogen-bond acceptors (Lipinski definition) is 1. The van der Waals surface area contributed by atoms with E-state index in [2.05, 4.69) is 50.0 Å². The highest BCUT2D eigenvalue weighted by atomic mass is 16.1. The summed E-state index contributed by atoms with van der Waals surface area (Å²) in [4.78, 5) is 11.2. The Morgan fingerprint density at radius 2 is 1.79 bits per heavy atom. The standard InChI is InChI=1S/C15H19NO.C2H6/c1-10(2)12-4-6-13(7-5-12)14-8-9-15(17)16-11(14)3;1-2/h4-7,10,14H,3,8-9H2,1-2H3,(H,16,17);1-2H3. The fourth-order valence-electron chi connectivity index (χ4n) is 2.26. The minimum atomic E-state index is 0.0880. The van der Waals surface area contributed by atoms with Gasteiger partial charge in [-0.3, -0.25) is 4.79 Å². The van der Waals surface area contributed by atoms with Gasteiger partial charge in [-0.1, -0.05) is 58.5 Å². The normalized spacial score (nSPS) is 18.7. The molecule has 19 heavy (non-hydrogen) atoms. The Labute approximate surface area is 116 Å². The summed E-state index contributed by atoms with van der Waals surface area (Å²) >= 11 is 0. The first-order valence-electron chi connectivity index (χ1n) is 7.16. The summed E-state index contributed by atoms with van der Waals surface area (Å²) in [5.74, 6) is 0.914. The van der Waals surface area contributed by atoms with Crippen LogP contribution in [0.25, 0.3) is 0 Å². The lowest BCUT2D eigenvalue weighted by Gasteiger charge is -2.25. The molecule has 1 N–H and O–H groups in total. The molecule has 0 saturated carbocycles. The average Bonchev–Trinajstić information content (AvgIpc) is 2.41. The monoisotopic (exact) mass is 259 g/mol. The molecule has 1 aliphatic rings. The molecule has 1 unspecified atom stereocenters. The number of carbonyl (C=O) groups excluding carboxylic acids is 1. The number of nitrogens with one attached hydrogen (secondary N) is 1. The molecule has 0 radical (unpaired) electrons. The molecule has 1 saturated heterocycles. The van der Waals surface area contributed by atoms with E-state index in [-0.39, 0.29) is 11.8 Å². The quantitative estimate of drug-likeness (QED) is 0.841. The highest BCUT2D eigenvalue weighted by Gasteiger charge is 2.23. The molecule has 2 nitrogen and oxygen atoms in total. The van der Waals surface area contributed by atoms with Crippen molar-refractivity contribution in [3.63, 3.8) is 0 Å². The van der Waals surface area contributed by atoms with Crippen molar-refractivity contribution in [2.24, 2.45) is 0 Å². The summed E-state index contributed by atoms with van der Waals surface area (Å²) in [6.07, 6.45) is 1.46. The molecule has 0 aliphatic carbocycles. The Morgan fingerprint density at radius 1 is 1.21 bits per heavy atom. The van der Waals surface area contributed by atoms with Crippen molar-refractivity contribution >= 4 is 5.91 Å². The molecule has 1 aromatic rings. The number of allylic oxidation sites excluding steroid dienone is 1. The fraction of sp³-hybridized carbons (Fsp3) is 0.471. The van der Waals surface area contributed by atoms with Crippen molar-refractivity contribution in [2.75, 3.05) is 0 Å². The molecule has 1 heterocycles. The summed E-state index contributed by atoms with van der Waals surface area (Å²) in [5.41, 5.74) is 3.43. The molecule has 0 spiro atoms. The maximum atomic E-state index is 11.2. The van der Waals surface area contributed by atoms with E-state index in [9.17, 15) is 4.79 Å². The SMILES string of the molecule is C=C1NC(=O)CCC1c1ccc(C(C)C)cc1.CC. The predicted molar refractivity (Wildman–Crippen MR) is 81.1 cm³/mol. The van der Waals surface area contributed by atoms with Crippen LogP contribution in [0.15, 0.2) is 36.5 Å². The number of amides is 1. The van der Waals surface area contributed by atoms with Crippen molar-refractivity contribution < 1.29 is 4.79 Å². The van der Waals surface area contributed by atoms with Crippen LogP contribution in [0.4, 0.5) is 0 Å². The van der Waals surface area contributed by atoms with Crippen molar-refractivity contribution in [3.8, 4) is 0 Å². The average molecular weight is 259 g/mol. The Morgan fingerprint density at radius 3 is 2.26 bits per heavy atom. The van der Waals surface area contributed by atoms with E-state index in [1.165, 1.54) is 11.1 Å². The molecule has 104 valence electrons. The minimum absolute atomic E-state index is 0.0880. The second-order valence-electron chi connectivity index (χ2n) is 4.99. The topological polar surface area (TPSA) is 29.1 Å². The van der Waals surface area contributed by atoms with Gasteiger partial charge in [-0.15, -0.1) is 0 Å². The maximum absolute atomic E-state index is 11.2. The van der Waals surface area contributed by atoms with E-state index < -0.39 is 0 Å². The van der Waals surface area contributed by atoms with Crippen LogP contribution in [0.5, 0.6) is 0 Å². The van der Waals surface area contributed by atoms with Gasteiger partial charge in [-0.2, -0.15) is 0 Å². The zero-order valence-electron chi connectivity index (χ0n) is 12.5. The number of piperidine rings is 1. The van der Waals surface area contributed by atoms with Crippen molar-refractivity contribution in [2.45, 2.75) is 52.4 Å². The summed E-state index contributed by atoms with van der Waals surface area (Å²) in [6, 6.07) is 8.65. The smallest absolute Gasteiger partial charge is 0.224 e. The number of benzene rings is 1. The highest BCUT2D eigenvalue weighted by Crippen LogP contribution is 2.30. The van der Waals surface area contributed by atoms with Gasteiger partial charge in [0.05, 0.1) is 0 Å². The van der Waals surface area contributed by atoms with Gasteiger partial charge in [0.15, 0.2) is 0 Å². The lowest BCUT2D eigenvalue weighted by Crippen LogP contribution is -2.31. The summed E-state index contributed by atoms with van der Waals surface area (Å²) < 4.78 is 0. The molecule has 1 fully saturated rings. The van der Waals surface area contributed by atoms with Gasteiger partial charge in [-0.05, 0) is 23.5 Å². The van der Waals surface area contributed by atoms with E-state index in [4.69, 9.17) is 0 Å². The number of hydrogen-bond donors (Lipinski definition) is 1. The van der Waals surface area contributed by atoms with E-state index in [1.54, 1.807) is 0 Å². The van der Waals surface area contributed by atoms with Gasteiger partial charge >= 0.3 is 0 Å². The molecule has 1 aromatic carbocycles. The van der Waals surface area contributed by atoms with E-state index in [0.29, 0.717) is 12.3 Å². The van der Waals surface area contributed by atoms with Gasteiger partial charge in [0.25, 0.3) is 0 Å². The summed E-state index contributed by atoms with van der Waals surface area (Å²) in [7, 11) is 0. The molecule has 1 atom stereocenters. The van der Waals surface area contributed by atoms with Crippen LogP contribution < -0.4 is 5.32 Å². The summed E-state index contributed by atoms with van der Waals surface area (Å²) in [6.45, 7) is 12.3. The second-order valence-corrected chi connectivity index (χ2v) is 4.99. The molecule has 0 bridgehead atoms. The first-order chi connectivity index (χ1) is 9.08. The van der Waals surface area contributed by atoms with Crippen molar-refractivity contribution in [3.05, 3.63) is 47.7 Å². The van der Waals surface area contributed by atoms with Crippen LogP contribution in [-0.4, -0.2) is 5.91 Å². The van der Waals surface area contributed by atoms with E-state index >= 15 is 0 Å². The van der Waals surface area contributed by atoms with Crippen LogP contribution in [-0.2, 0) is 4.79 Å². The Balaban J connectivity index is 0.000000861. The maximum Gasteiger partial charge on any atom is 0.224 e. The van der Waals surface area contributed by atoms with Crippen LogP contribution >= 0.6 is 0 Å². The van der Waals surface area contributed by atoms with E-state index in [0.717, 1.165) is 12.1 Å². The second kappa shape index (κ2) is 7.13. The molecule has 2 heteroatoms. The van der Waals surface area contributed by atoms with E-state index in [1.807, 2.05) is 13.8 Å². The molecule has 2 rings (SSSR count). The zero-order valence-corrected chi connectivity index (χ0v) is 12.5. The highest BCUT2D eigenvalue weighted by molar-refractivity contribution is 5.79. The van der Waals surface area contributed by atoms with Gasteiger partial charge in [0.2, 0.25) is 5.91 Å². The third-order valence-electron chi connectivity index (χ3n) is 3.39. The van der Waals surface area contributed by atoms with Gasteiger partial charge in [-0.25, -0.2) is 0 Å². The number of carbonyl (C=O) groups is 1. The van der Waals surface area contributed by atoms with Gasteiger partial charge in [0, 0.05) is 18.0 Å². The van der Waals surface area contributed by atoms with Crippen LogP contribution in [0, 0.1) is 0 Å². The Hall–Kier alpha value is -1.57. The van der Waals surface area contributed by atoms with Crippen LogP contribution in [0.2, 0.25) is 0 Å². The lowest BCUT2D eigenvalue weighted by atomic mass is 9.87.